The number of pyridine rings is 1. The molecule has 0 bridgehead atoms. The number of benzene rings is 1. The van der Waals surface area contributed by atoms with E-state index in [0.29, 0.717) is 5.82 Å². The Hall–Kier alpha value is -3.42. The third kappa shape index (κ3) is 7.20. The Morgan fingerprint density at radius 2 is 1.83 bits per heavy atom. The number of likely N-dealkylation sites (N-methyl/N-ethyl adjacent to an activating group) is 1. The van der Waals surface area contributed by atoms with Gasteiger partial charge in [-0.3, -0.25) is 9.59 Å². The maximum absolute atomic E-state index is 12.8. The maximum Gasteiger partial charge on any atom is 0.408 e. The van der Waals surface area contributed by atoms with Crippen LogP contribution in [0.25, 0.3) is 0 Å². The summed E-state index contributed by atoms with van der Waals surface area (Å²) < 4.78 is 5.20. The number of alkyl carbamates (subject to hydrolysis) is 1. The van der Waals surface area contributed by atoms with E-state index in [4.69, 9.17) is 4.74 Å². The topological polar surface area (TPSA) is 101 Å². The fourth-order valence-electron chi connectivity index (χ4n) is 2.72. The van der Waals surface area contributed by atoms with Crippen molar-refractivity contribution in [3.05, 3.63) is 59.8 Å². The van der Waals surface area contributed by atoms with Crippen molar-refractivity contribution in [2.24, 2.45) is 5.92 Å². The number of carbonyl (C=O) groups is 3. The number of nitrogens with one attached hydrogen (secondary N) is 2. The largest absolute Gasteiger partial charge is 0.445 e. The van der Waals surface area contributed by atoms with Gasteiger partial charge in [0.15, 0.2) is 0 Å². The third-order valence-electron chi connectivity index (χ3n) is 4.36. The lowest BCUT2D eigenvalue weighted by atomic mass is 10.0. The summed E-state index contributed by atoms with van der Waals surface area (Å²) in [6.07, 6.45) is 0.910. The fraction of sp³-hybridized carbons (Fsp3) is 0.364. The second-order valence-corrected chi connectivity index (χ2v) is 7.39. The zero-order chi connectivity index (χ0) is 22.1. The molecule has 0 radical (unpaired) electrons. The molecule has 160 valence electrons. The van der Waals surface area contributed by atoms with E-state index in [1.54, 1.807) is 12.3 Å². The van der Waals surface area contributed by atoms with Crippen molar-refractivity contribution >= 4 is 23.7 Å². The molecule has 0 saturated heterocycles. The highest BCUT2D eigenvalue weighted by molar-refractivity contribution is 5.95. The summed E-state index contributed by atoms with van der Waals surface area (Å²) in [5.74, 6) is -0.526. The van der Waals surface area contributed by atoms with Crippen LogP contribution in [-0.2, 0) is 20.9 Å². The Balaban J connectivity index is 1.89. The van der Waals surface area contributed by atoms with E-state index in [1.165, 1.54) is 11.9 Å². The van der Waals surface area contributed by atoms with Crippen LogP contribution in [0.2, 0.25) is 0 Å². The Morgan fingerprint density at radius 1 is 1.13 bits per heavy atom. The van der Waals surface area contributed by atoms with Gasteiger partial charge in [0.2, 0.25) is 11.8 Å². The molecule has 2 N–H and O–H groups in total. The molecule has 8 nitrogen and oxygen atoms in total. The van der Waals surface area contributed by atoms with Gasteiger partial charge >= 0.3 is 6.09 Å². The average Bonchev–Trinajstić information content (AvgIpc) is 2.70. The van der Waals surface area contributed by atoms with Crippen molar-refractivity contribution in [3.8, 4) is 0 Å². The van der Waals surface area contributed by atoms with Gasteiger partial charge in [0.25, 0.3) is 0 Å². The molecule has 1 aromatic carbocycles. The number of ether oxygens (including phenoxy) is 1. The van der Waals surface area contributed by atoms with E-state index in [9.17, 15) is 14.4 Å². The van der Waals surface area contributed by atoms with Crippen LogP contribution in [0.5, 0.6) is 0 Å². The summed E-state index contributed by atoms with van der Waals surface area (Å²) in [5, 5.41) is 5.26. The van der Waals surface area contributed by atoms with Crippen molar-refractivity contribution in [1.82, 2.24) is 15.2 Å². The highest BCUT2D eigenvalue weighted by Gasteiger charge is 2.28. The molecule has 0 fully saturated rings. The van der Waals surface area contributed by atoms with Gasteiger partial charge in [-0.15, -0.1) is 0 Å². The molecule has 8 heteroatoms. The predicted molar refractivity (Wildman–Crippen MR) is 114 cm³/mol. The lowest BCUT2D eigenvalue weighted by Gasteiger charge is -2.26. The first-order valence-corrected chi connectivity index (χ1v) is 9.71. The first-order valence-electron chi connectivity index (χ1n) is 9.71. The summed E-state index contributed by atoms with van der Waals surface area (Å²) in [6, 6.07) is 12.0. The lowest BCUT2D eigenvalue weighted by Crippen LogP contribution is -2.51. The van der Waals surface area contributed by atoms with Gasteiger partial charge in [0.05, 0.1) is 6.54 Å². The molecule has 3 amide bonds. The van der Waals surface area contributed by atoms with E-state index < -0.39 is 12.1 Å². The molecule has 2 rings (SSSR count). The van der Waals surface area contributed by atoms with Crippen molar-refractivity contribution in [2.75, 3.05) is 18.9 Å². The van der Waals surface area contributed by atoms with Gasteiger partial charge in [-0.05, 0) is 36.1 Å². The van der Waals surface area contributed by atoms with Gasteiger partial charge in [0, 0.05) is 13.2 Å². The van der Waals surface area contributed by atoms with Crippen LogP contribution >= 0.6 is 0 Å². The van der Waals surface area contributed by atoms with E-state index >= 15 is 0 Å². The molecule has 0 unspecified atom stereocenters. The lowest BCUT2D eigenvalue weighted by molar-refractivity contribution is -0.136. The zero-order valence-corrected chi connectivity index (χ0v) is 17.7. The Labute approximate surface area is 176 Å². The number of aromatic nitrogens is 1. The van der Waals surface area contributed by atoms with E-state index in [1.807, 2.05) is 57.2 Å². The van der Waals surface area contributed by atoms with Crippen LogP contribution in [0.15, 0.2) is 48.7 Å². The molecular formula is C22H28N4O4. The summed E-state index contributed by atoms with van der Waals surface area (Å²) in [4.78, 5) is 42.6. The predicted octanol–water partition coefficient (Wildman–Crippen LogP) is 2.74. The van der Waals surface area contributed by atoms with E-state index in [0.717, 1.165) is 11.1 Å². The molecule has 0 aliphatic rings. The van der Waals surface area contributed by atoms with Crippen LogP contribution in [0.3, 0.4) is 0 Å². The van der Waals surface area contributed by atoms with Gasteiger partial charge in [-0.1, -0.05) is 44.2 Å². The monoisotopic (exact) mass is 412 g/mol. The van der Waals surface area contributed by atoms with Crippen molar-refractivity contribution in [3.63, 3.8) is 0 Å². The van der Waals surface area contributed by atoms with Gasteiger partial charge < -0.3 is 20.3 Å². The summed E-state index contributed by atoms with van der Waals surface area (Å²) >= 11 is 0. The number of hydrogen-bond acceptors (Lipinski definition) is 5. The molecular weight excluding hydrogens is 384 g/mol. The molecule has 0 aliphatic carbocycles. The summed E-state index contributed by atoms with van der Waals surface area (Å²) in [5.41, 5.74) is 1.81. The molecule has 0 aliphatic heterocycles. The summed E-state index contributed by atoms with van der Waals surface area (Å²) in [7, 11) is 1.51. The second-order valence-electron chi connectivity index (χ2n) is 7.39. The number of carbonyl (C=O) groups excluding carboxylic acids is 3. The minimum absolute atomic E-state index is 0.105. The minimum atomic E-state index is -0.817. The van der Waals surface area contributed by atoms with E-state index in [2.05, 4.69) is 15.6 Å². The van der Waals surface area contributed by atoms with Crippen molar-refractivity contribution in [1.29, 1.82) is 0 Å². The molecule has 30 heavy (non-hydrogen) atoms. The first-order chi connectivity index (χ1) is 14.3. The molecule has 0 saturated carbocycles. The highest BCUT2D eigenvalue weighted by Crippen LogP contribution is 2.09. The highest BCUT2D eigenvalue weighted by atomic mass is 16.5. The minimum Gasteiger partial charge on any atom is -0.445 e. The van der Waals surface area contributed by atoms with Gasteiger partial charge in [0.1, 0.15) is 18.5 Å². The van der Waals surface area contributed by atoms with Crippen LogP contribution in [-0.4, -0.2) is 47.4 Å². The van der Waals surface area contributed by atoms with Crippen molar-refractivity contribution in [2.45, 2.75) is 33.4 Å². The van der Waals surface area contributed by atoms with Gasteiger partial charge in [-0.2, -0.15) is 0 Å². The van der Waals surface area contributed by atoms with Crippen LogP contribution in [0.4, 0.5) is 10.6 Å². The Bertz CT molecular complexity index is 870. The summed E-state index contributed by atoms with van der Waals surface area (Å²) in [6.45, 7) is 5.45. The number of hydrogen-bond donors (Lipinski definition) is 2. The Morgan fingerprint density at radius 3 is 2.47 bits per heavy atom. The van der Waals surface area contributed by atoms with E-state index in [-0.39, 0.29) is 30.9 Å². The third-order valence-corrected chi connectivity index (χ3v) is 4.36. The first kappa shape index (κ1) is 22.9. The van der Waals surface area contributed by atoms with Crippen LogP contribution in [0.1, 0.15) is 25.0 Å². The maximum atomic E-state index is 12.8. The number of nitrogens with zero attached hydrogens (tertiary/aromatic N) is 2. The number of rotatable bonds is 8. The van der Waals surface area contributed by atoms with Gasteiger partial charge in [-0.25, -0.2) is 9.78 Å². The van der Waals surface area contributed by atoms with Crippen LogP contribution < -0.4 is 10.6 Å². The SMILES string of the molecule is Cc1ccnc(NC(=O)CN(C)C(=O)[C@@H](NC(=O)OCc2ccccc2)C(C)C)c1. The van der Waals surface area contributed by atoms with Crippen LogP contribution in [0, 0.1) is 12.8 Å². The number of amides is 3. The zero-order valence-electron chi connectivity index (χ0n) is 17.7. The second kappa shape index (κ2) is 10.9. The molecule has 1 atom stereocenters. The Kier molecular flexibility index (Phi) is 8.34. The smallest absolute Gasteiger partial charge is 0.408 e. The molecule has 1 heterocycles. The normalized spacial score (nSPS) is 11.5. The van der Waals surface area contributed by atoms with Crippen molar-refractivity contribution < 1.29 is 19.1 Å². The average molecular weight is 412 g/mol. The quantitative estimate of drug-likeness (QED) is 0.694. The molecule has 2 aromatic rings. The molecule has 1 aromatic heterocycles. The number of aryl methyl sites for hydroxylation is 1. The molecule has 0 spiro atoms. The standard InChI is InChI=1S/C22H28N4O4/c1-15(2)20(25-22(29)30-14-17-8-6-5-7-9-17)21(28)26(4)13-19(27)24-18-12-16(3)10-11-23-18/h5-12,15,20H,13-14H2,1-4H3,(H,25,29)(H,23,24,27)/t20-/m0/s1. The number of anilines is 1. The fourth-order valence-corrected chi connectivity index (χ4v) is 2.72.